The van der Waals surface area contributed by atoms with Gasteiger partial charge < -0.3 is 17.3 Å². The van der Waals surface area contributed by atoms with Gasteiger partial charge in [0.05, 0.1) is 20.8 Å². The summed E-state index contributed by atoms with van der Waals surface area (Å²) in [5.41, 5.74) is 3.34. The second kappa shape index (κ2) is 6.68. The molecule has 0 N–H and O–H groups in total. The number of halogens is 2. The average molecular weight is 450 g/mol. The number of benzene rings is 2. The van der Waals surface area contributed by atoms with E-state index in [1.54, 1.807) is 0 Å². The minimum absolute atomic E-state index is 0. The largest absolute Gasteiger partial charge is 1.00 e. The highest BCUT2D eigenvalue weighted by molar-refractivity contribution is 14.1. The Bertz CT molecular complexity index is 869. The summed E-state index contributed by atoms with van der Waals surface area (Å²) in [6.45, 7) is 0. The van der Waals surface area contributed by atoms with Gasteiger partial charge >= 0.3 is 0 Å². The van der Waals surface area contributed by atoms with Crippen LogP contribution in [0.1, 0.15) is 0 Å². The Kier molecular flexibility index (Phi) is 5.29. The van der Waals surface area contributed by atoms with Gasteiger partial charge in [0.1, 0.15) is 17.7 Å². The van der Waals surface area contributed by atoms with Crippen LogP contribution in [0.15, 0.2) is 30.3 Å². The van der Waals surface area contributed by atoms with Crippen molar-refractivity contribution in [1.82, 2.24) is 9.56 Å². The van der Waals surface area contributed by atoms with Gasteiger partial charge in [-0.25, -0.2) is 9.56 Å². The summed E-state index contributed by atoms with van der Waals surface area (Å²) in [7, 11) is 8.28. The lowest BCUT2D eigenvalue weighted by molar-refractivity contribution is -0.00000416. The predicted molar refractivity (Wildman–Crippen MR) is 100 cm³/mol. The third-order valence-electron chi connectivity index (χ3n) is 3.45. The molecule has 1 heterocycles. The maximum absolute atomic E-state index is 4.81. The first-order chi connectivity index (χ1) is 9.97. The van der Waals surface area contributed by atoms with Gasteiger partial charge in [0, 0.05) is 25.8 Å². The fourth-order valence-corrected chi connectivity index (χ4v) is 4.56. The van der Waals surface area contributed by atoms with E-state index in [1.807, 2.05) is 11.3 Å². The Balaban J connectivity index is 0.00000176. The molecule has 2 aliphatic rings. The third kappa shape index (κ3) is 3.07. The number of anilines is 1. The minimum Gasteiger partial charge on any atom is -1.00 e. The number of nitrogens with zero attached hydrogens (tertiary/aromatic N) is 3. The molecule has 0 amide bonds. The van der Waals surface area contributed by atoms with Crippen molar-refractivity contribution in [3.8, 4) is 10.6 Å². The van der Waals surface area contributed by atoms with E-state index in [2.05, 4.69) is 90.6 Å². The Labute approximate surface area is 154 Å². The first kappa shape index (κ1) is 17.4. The van der Waals surface area contributed by atoms with E-state index >= 15 is 0 Å². The molecule has 1 aliphatic carbocycles. The van der Waals surface area contributed by atoms with Crippen LogP contribution in [0.4, 0.5) is 5.69 Å². The summed E-state index contributed by atoms with van der Waals surface area (Å²) in [5.74, 6) is 0. The van der Waals surface area contributed by atoms with Crippen molar-refractivity contribution in [3.05, 3.63) is 39.3 Å². The maximum atomic E-state index is 4.81. The van der Waals surface area contributed by atoms with Gasteiger partial charge in [-0.15, -0.1) is 11.3 Å². The van der Waals surface area contributed by atoms with Crippen LogP contribution in [0.3, 0.4) is 0 Å². The van der Waals surface area contributed by atoms with Crippen LogP contribution in [-0.2, 0) is 0 Å². The number of hydrogen-bond acceptors (Lipinski definition) is 3. The zero-order valence-corrected chi connectivity index (χ0v) is 16.6. The zero-order chi connectivity index (χ0) is 15.1. The summed E-state index contributed by atoms with van der Waals surface area (Å²) in [6.07, 6.45) is 0. The van der Waals surface area contributed by atoms with Gasteiger partial charge in [0.15, 0.2) is 0 Å². The van der Waals surface area contributed by atoms with Crippen LogP contribution in [0, 0.1) is 3.57 Å². The van der Waals surface area contributed by atoms with Gasteiger partial charge in [-0.3, -0.25) is 0 Å². The second-order valence-corrected chi connectivity index (χ2v) is 7.53. The standard InChI is InChI=1S/C16H17IN3S.ClH/c1-19(2)10-5-6-11-14(9-10)21-16-12(18-11)7-8-13(15(16)17)20(3)4;/h5-9H,1-4H3;1H/q+1;/p-1/i17+4;. The first-order valence-corrected chi connectivity index (χ1v) is 8.57. The average Bonchev–Trinajstić information content (AvgIpc) is 2.45. The van der Waals surface area contributed by atoms with Gasteiger partial charge in [-0.1, -0.05) is 0 Å². The Morgan fingerprint density at radius 3 is 2.50 bits per heavy atom. The highest BCUT2D eigenvalue weighted by Gasteiger charge is 2.15. The normalized spacial score (nSPS) is 10.6. The fourth-order valence-electron chi connectivity index (χ4n) is 2.26. The molecular formula is C16H17ClIN3S. The van der Waals surface area contributed by atoms with E-state index in [1.165, 1.54) is 24.2 Å². The third-order valence-corrected chi connectivity index (χ3v) is 6.07. The van der Waals surface area contributed by atoms with E-state index in [9.17, 15) is 0 Å². The van der Waals surface area contributed by atoms with Crippen LogP contribution in [0.5, 0.6) is 0 Å². The predicted octanol–water partition coefficient (Wildman–Crippen LogP) is 0.107. The molecule has 0 aromatic heterocycles. The molecule has 1 aromatic rings. The Hall–Kier alpha value is -0.920. The lowest BCUT2D eigenvalue weighted by Gasteiger charge is -2.14. The van der Waals surface area contributed by atoms with Crippen molar-refractivity contribution >= 4 is 49.8 Å². The van der Waals surface area contributed by atoms with Crippen molar-refractivity contribution in [3.63, 3.8) is 0 Å². The molecule has 6 heteroatoms. The lowest BCUT2D eigenvalue weighted by Crippen LogP contribution is -3.00. The van der Waals surface area contributed by atoms with E-state index in [0.717, 1.165) is 11.2 Å². The smallest absolute Gasteiger partial charge is 0.214 e. The molecule has 1 aromatic carbocycles. The molecule has 1 aliphatic heterocycles. The van der Waals surface area contributed by atoms with Crippen molar-refractivity contribution in [2.45, 2.75) is 0 Å². The van der Waals surface area contributed by atoms with E-state index in [-0.39, 0.29) is 12.4 Å². The van der Waals surface area contributed by atoms with E-state index < -0.39 is 0 Å². The van der Waals surface area contributed by atoms with Crippen LogP contribution in [-0.4, -0.2) is 33.2 Å². The molecule has 3 nitrogen and oxygen atoms in total. The van der Waals surface area contributed by atoms with Crippen LogP contribution >= 0.6 is 33.9 Å². The maximum Gasteiger partial charge on any atom is 0.214 e. The summed E-state index contributed by atoms with van der Waals surface area (Å²) >= 11 is 4.24. The molecule has 0 atom stereocenters. The summed E-state index contributed by atoms with van der Waals surface area (Å²) in [6, 6.07) is 10.7. The summed E-state index contributed by atoms with van der Waals surface area (Å²) < 4.78 is 4.64. The number of fused-ring (bicyclic) bond motifs is 2. The quantitative estimate of drug-likeness (QED) is 0.298. The summed E-state index contributed by atoms with van der Waals surface area (Å²) in [4.78, 5) is 8.19. The monoisotopic (exact) mass is 449 g/mol. The van der Waals surface area contributed by atoms with Crippen molar-refractivity contribution < 1.29 is 12.4 Å². The van der Waals surface area contributed by atoms with E-state index in [0.29, 0.717) is 0 Å². The molecule has 0 saturated heterocycles. The van der Waals surface area contributed by atoms with Gasteiger partial charge in [-0.2, -0.15) is 0 Å². The molecule has 0 fully saturated rings. The first-order valence-electron chi connectivity index (χ1n) is 6.68. The van der Waals surface area contributed by atoms with E-state index in [4.69, 9.17) is 4.98 Å². The highest BCUT2D eigenvalue weighted by atomic mass is 131. The number of aromatic nitrogens is 1. The minimum atomic E-state index is 0. The lowest BCUT2D eigenvalue weighted by atomic mass is 10.2. The number of hydrogen-bond donors (Lipinski definition) is 0. The number of rotatable bonds is 1. The molecule has 22 heavy (non-hydrogen) atoms. The fraction of sp³-hybridized carbons (Fsp3) is 0.250. The molecule has 0 unspecified atom stereocenters. The Morgan fingerprint density at radius 1 is 1.14 bits per heavy atom. The second-order valence-electron chi connectivity index (χ2n) is 5.40. The Morgan fingerprint density at radius 2 is 1.86 bits per heavy atom. The molecule has 0 bridgehead atoms. The summed E-state index contributed by atoms with van der Waals surface area (Å²) in [5, 5.41) is 1.24. The van der Waals surface area contributed by atoms with Crippen molar-refractivity contribution in [2.75, 3.05) is 33.1 Å². The molecule has 116 valence electrons. The SMILES string of the molecule is CN(C)c1ccc2nc3ccc(=[N+](C)C)c([131I])c-3sc2c1.[Cl-]. The van der Waals surface area contributed by atoms with Crippen LogP contribution in [0.2, 0.25) is 0 Å². The van der Waals surface area contributed by atoms with Crippen LogP contribution < -0.4 is 27.2 Å². The van der Waals surface area contributed by atoms with Gasteiger partial charge in [0.25, 0.3) is 0 Å². The van der Waals surface area contributed by atoms with Crippen molar-refractivity contribution in [1.29, 1.82) is 0 Å². The molecule has 0 radical (unpaired) electrons. The highest BCUT2D eigenvalue weighted by Crippen LogP contribution is 2.34. The van der Waals surface area contributed by atoms with Crippen LogP contribution in [0.25, 0.3) is 20.8 Å². The molecular weight excluding hydrogens is 433 g/mol. The van der Waals surface area contributed by atoms with Crippen molar-refractivity contribution in [2.24, 2.45) is 0 Å². The topological polar surface area (TPSA) is 19.1 Å². The molecule has 3 rings (SSSR count). The molecule has 0 spiro atoms. The zero-order valence-electron chi connectivity index (χ0n) is 12.9. The van der Waals surface area contributed by atoms with Gasteiger partial charge in [0.2, 0.25) is 5.36 Å². The van der Waals surface area contributed by atoms with Gasteiger partial charge in [-0.05, 0) is 46.9 Å². The molecule has 0 saturated carbocycles.